The average Bonchev–Trinajstić information content (AvgIpc) is 2.35. The summed E-state index contributed by atoms with van der Waals surface area (Å²) in [5, 5.41) is 0.706. The van der Waals surface area contributed by atoms with Crippen LogP contribution < -0.4 is 0 Å². The maximum Gasteiger partial charge on any atom is 0.306 e. The van der Waals surface area contributed by atoms with Gasteiger partial charge in [-0.2, -0.15) is 0 Å². The van der Waals surface area contributed by atoms with E-state index in [0.29, 0.717) is 17.4 Å². The van der Waals surface area contributed by atoms with E-state index in [9.17, 15) is 9.59 Å². The summed E-state index contributed by atoms with van der Waals surface area (Å²) < 4.78 is 4.73. The van der Waals surface area contributed by atoms with Gasteiger partial charge in [-0.05, 0) is 6.92 Å². The van der Waals surface area contributed by atoms with Gasteiger partial charge in [0.05, 0.1) is 25.0 Å². The highest BCUT2D eigenvalue weighted by molar-refractivity contribution is 7.99. The van der Waals surface area contributed by atoms with Crippen LogP contribution in [0.5, 0.6) is 0 Å². The second-order valence-corrected chi connectivity index (χ2v) is 4.17. The molecule has 0 radical (unpaired) electrons. The number of esters is 1. The highest BCUT2D eigenvalue weighted by Crippen LogP contribution is 2.13. The lowest BCUT2D eigenvalue weighted by Crippen LogP contribution is -2.09. The molecule has 0 aliphatic heterocycles. The summed E-state index contributed by atoms with van der Waals surface area (Å²) in [6.07, 6.45) is 5.11. The fourth-order valence-corrected chi connectivity index (χ4v) is 1.79. The Balaban J connectivity index is 2.20. The minimum Gasteiger partial charge on any atom is -0.466 e. The van der Waals surface area contributed by atoms with Crippen molar-refractivity contribution in [2.75, 3.05) is 12.4 Å². The van der Waals surface area contributed by atoms with Crippen molar-refractivity contribution in [1.82, 2.24) is 9.97 Å². The Morgan fingerprint density at radius 2 is 2.18 bits per heavy atom. The standard InChI is InChI=1S/C11H14N2O3S/c1-2-16-11(15)4-3-9(14)8-17-10-7-12-5-6-13-10/h5-7H,2-4,8H2,1H3. The first-order chi connectivity index (χ1) is 8.22. The molecule has 0 unspecified atom stereocenters. The van der Waals surface area contributed by atoms with Gasteiger partial charge in [-0.1, -0.05) is 11.8 Å². The Kier molecular flexibility index (Phi) is 6.24. The van der Waals surface area contributed by atoms with Gasteiger partial charge < -0.3 is 4.74 Å². The Labute approximate surface area is 104 Å². The lowest BCUT2D eigenvalue weighted by Gasteiger charge is -2.01. The molecule has 1 rings (SSSR count). The van der Waals surface area contributed by atoms with Gasteiger partial charge in [0.2, 0.25) is 0 Å². The number of Topliss-reactive ketones (excluding diaryl/α,β-unsaturated/α-hetero) is 1. The Bertz CT molecular complexity index is 370. The van der Waals surface area contributed by atoms with Crippen LogP contribution in [0.3, 0.4) is 0 Å². The number of carbonyl (C=O) groups excluding carboxylic acids is 2. The maximum atomic E-state index is 11.4. The third kappa shape index (κ3) is 6.01. The van der Waals surface area contributed by atoms with E-state index in [0.717, 1.165) is 0 Å². The molecule has 1 aromatic rings. The van der Waals surface area contributed by atoms with Crippen molar-refractivity contribution >= 4 is 23.5 Å². The maximum absolute atomic E-state index is 11.4. The summed E-state index contributed by atoms with van der Waals surface area (Å²) in [6, 6.07) is 0. The highest BCUT2D eigenvalue weighted by atomic mass is 32.2. The van der Waals surface area contributed by atoms with Crippen molar-refractivity contribution in [2.45, 2.75) is 24.8 Å². The minimum atomic E-state index is -0.328. The number of hydrogen-bond donors (Lipinski definition) is 0. The molecule has 0 saturated carbocycles. The smallest absolute Gasteiger partial charge is 0.306 e. The molecule has 0 fully saturated rings. The molecule has 1 aromatic heterocycles. The molecule has 92 valence electrons. The Morgan fingerprint density at radius 1 is 1.35 bits per heavy atom. The SMILES string of the molecule is CCOC(=O)CCC(=O)CSc1cnccn1. The van der Waals surface area contributed by atoms with E-state index >= 15 is 0 Å². The van der Waals surface area contributed by atoms with Gasteiger partial charge in [0, 0.05) is 18.8 Å². The summed E-state index contributed by atoms with van der Waals surface area (Å²) in [5.74, 6) is -0.0166. The minimum absolute atomic E-state index is 0.00806. The zero-order valence-electron chi connectivity index (χ0n) is 9.59. The third-order valence-corrected chi connectivity index (χ3v) is 2.81. The molecule has 0 N–H and O–H groups in total. The van der Waals surface area contributed by atoms with Crippen LogP contribution in [0.1, 0.15) is 19.8 Å². The van der Waals surface area contributed by atoms with Crippen molar-refractivity contribution < 1.29 is 14.3 Å². The predicted octanol–water partition coefficient (Wildman–Crippen LogP) is 1.48. The van der Waals surface area contributed by atoms with Crippen LogP contribution in [0.4, 0.5) is 0 Å². The highest BCUT2D eigenvalue weighted by Gasteiger charge is 2.08. The molecule has 1 heterocycles. The van der Waals surface area contributed by atoms with Gasteiger partial charge in [0.1, 0.15) is 10.8 Å². The van der Waals surface area contributed by atoms with Crippen LogP contribution in [0.25, 0.3) is 0 Å². The topological polar surface area (TPSA) is 69.2 Å². The van der Waals surface area contributed by atoms with E-state index in [2.05, 4.69) is 9.97 Å². The molecular formula is C11H14N2O3S. The largest absolute Gasteiger partial charge is 0.466 e. The summed E-state index contributed by atoms with van der Waals surface area (Å²) >= 11 is 1.32. The predicted molar refractivity (Wildman–Crippen MR) is 63.6 cm³/mol. The van der Waals surface area contributed by atoms with Crippen molar-refractivity contribution in [3.63, 3.8) is 0 Å². The zero-order chi connectivity index (χ0) is 12.5. The van der Waals surface area contributed by atoms with Gasteiger partial charge in [-0.25, -0.2) is 4.98 Å². The van der Waals surface area contributed by atoms with Gasteiger partial charge in [0.15, 0.2) is 0 Å². The number of nitrogens with zero attached hydrogens (tertiary/aromatic N) is 2. The molecule has 0 atom stereocenters. The Morgan fingerprint density at radius 3 is 2.82 bits per heavy atom. The molecule has 17 heavy (non-hydrogen) atoms. The second kappa shape index (κ2) is 7.78. The first-order valence-corrected chi connectivity index (χ1v) is 6.27. The van der Waals surface area contributed by atoms with Crippen molar-refractivity contribution in [2.24, 2.45) is 0 Å². The number of rotatable bonds is 7. The van der Waals surface area contributed by atoms with Crippen LogP contribution in [-0.2, 0) is 14.3 Å². The zero-order valence-corrected chi connectivity index (χ0v) is 10.4. The Hall–Kier alpha value is -1.43. The van der Waals surface area contributed by atoms with E-state index in [1.807, 2.05) is 0 Å². The van der Waals surface area contributed by atoms with Crippen molar-refractivity contribution in [1.29, 1.82) is 0 Å². The quantitative estimate of drug-likeness (QED) is 0.542. The molecule has 0 saturated heterocycles. The fourth-order valence-electron chi connectivity index (χ4n) is 1.06. The van der Waals surface area contributed by atoms with Crippen LogP contribution in [0.2, 0.25) is 0 Å². The molecule has 6 heteroatoms. The van der Waals surface area contributed by atoms with E-state index in [1.165, 1.54) is 11.8 Å². The summed E-state index contributed by atoms with van der Waals surface area (Å²) in [5.41, 5.74) is 0. The van der Waals surface area contributed by atoms with Crippen molar-refractivity contribution in [3.05, 3.63) is 18.6 Å². The van der Waals surface area contributed by atoms with E-state index in [4.69, 9.17) is 4.74 Å². The third-order valence-electron chi connectivity index (χ3n) is 1.83. The van der Waals surface area contributed by atoms with Crippen LogP contribution in [-0.4, -0.2) is 34.1 Å². The number of ether oxygens (including phenoxy) is 1. The number of aromatic nitrogens is 2. The first kappa shape index (κ1) is 13.6. The fraction of sp³-hybridized carbons (Fsp3) is 0.455. The molecule has 0 aliphatic carbocycles. The average molecular weight is 254 g/mol. The molecule has 5 nitrogen and oxygen atoms in total. The van der Waals surface area contributed by atoms with Gasteiger partial charge >= 0.3 is 5.97 Å². The molecule has 0 bridgehead atoms. The molecule has 0 amide bonds. The molecule has 0 aromatic carbocycles. The van der Waals surface area contributed by atoms with Gasteiger partial charge in [0.25, 0.3) is 0 Å². The second-order valence-electron chi connectivity index (χ2n) is 3.18. The lowest BCUT2D eigenvalue weighted by atomic mass is 10.2. The van der Waals surface area contributed by atoms with Crippen molar-refractivity contribution in [3.8, 4) is 0 Å². The van der Waals surface area contributed by atoms with Crippen LogP contribution in [0, 0.1) is 0 Å². The van der Waals surface area contributed by atoms with Crippen LogP contribution >= 0.6 is 11.8 Å². The molecule has 0 aliphatic rings. The summed E-state index contributed by atoms with van der Waals surface area (Å²) in [4.78, 5) is 30.4. The monoisotopic (exact) mass is 254 g/mol. The van der Waals surface area contributed by atoms with Gasteiger partial charge in [-0.3, -0.25) is 14.6 Å². The first-order valence-electron chi connectivity index (χ1n) is 5.28. The lowest BCUT2D eigenvalue weighted by molar-refractivity contribution is -0.144. The van der Waals surface area contributed by atoms with E-state index < -0.39 is 0 Å². The van der Waals surface area contributed by atoms with Gasteiger partial charge in [-0.15, -0.1) is 0 Å². The number of thioether (sulfide) groups is 1. The van der Waals surface area contributed by atoms with Crippen LogP contribution in [0.15, 0.2) is 23.6 Å². The normalized spacial score (nSPS) is 9.94. The summed E-state index contributed by atoms with van der Waals surface area (Å²) in [7, 11) is 0. The number of carbonyl (C=O) groups is 2. The summed E-state index contributed by atoms with van der Waals surface area (Å²) in [6.45, 7) is 2.09. The van der Waals surface area contributed by atoms with E-state index in [1.54, 1.807) is 25.5 Å². The molecule has 0 spiro atoms. The molecular weight excluding hydrogens is 240 g/mol. The van der Waals surface area contributed by atoms with E-state index in [-0.39, 0.29) is 24.6 Å². The number of ketones is 1. The number of hydrogen-bond acceptors (Lipinski definition) is 6.